The van der Waals surface area contributed by atoms with Crippen molar-refractivity contribution in [1.29, 1.82) is 0 Å². The van der Waals surface area contributed by atoms with E-state index >= 15 is 0 Å². The minimum atomic E-state index is -0.974. The molecule has 2 aromatic rings. The molecule has 25 heavy (non-hydrogen) atoms. The monoisotopic (exact) mass is 360 g/mol. The minimum Gasteiger partial charge on any atom is -0.453 e. The van der Waals surface area contributed by atoms with Crippen molar-refractivity contribution in [1.82, 2.24) is 0 Å². The third-order valence-electron chi connectivity index (χ3n) is 3.69. The summed E-state index contributed by atoms with van der Waals surface area (Å²) in [4.78, 5) is 35.4. The van der Waals surface area contributed by atoms with E-state index in [0.29, 0.717) is 5.00 Å². The molecule has 3 N–H and O–H groups in total. The Hall–Kier alpha value is -2.67. The fourth-order valence-corrected chi connectivity index (χ4v) is 3.06. The molecule has 0 fully saturated rings. The summed E-state index contributed by atoms with van der Waals surface area (Å²) >= 11 is 1.18. The average Bonchev–Trinajstić information content (AvgIpc) is 3.03. The van der Waals surface area contributed by atoms with Gasteiger partial charge in [-0.3, -0.25) is 14.4 Å². The molecule has 0 radical (unpaired) electrons. The van der Waals surface area contributed by atoms with E-state index in [1.54, 1.807) is 5.38 Å². The third-order valence-corrected chi connectivity index (χ3v) is 4.52. The summed E-state index contributed by atoms with van der Waals surface area (Å²) in [7, 11) is 0. The first kappa shape index (κ1) is 18.7. The summed E-state index contributed by atoms with van der Waals surface area (Å²) in [5, 5.41) is 4.56. The van der Waals surface area contributed by atoms with Crippen molar-refractivity contribution in [3.05, 3.63) is 52.9 Å². The van der Waals surface area contributed by atoms with E-state index in [1.165, 1.54) is 24.3 Å². The molecule has 0 saturated heterocycles. The molecular weight excluding hydrogens is 340 g/mol. The van der Waals surface area contributed by atoms with Crippen LogP contribution in [0.25, 0.3) is 0 Å². The maximum absolute atomic E-state index is 12.1. The molecule has 132 valence electrons. The van der Waals surface area contributed by atoms with E-state index in [1.807, 2.05) is 37.3 Å². The van der Waals surface area contributed by atoms with E-state index in [9.17, 15) is 14.4 Å². The summed E-state index contributed by atoms with van der Waals surface area (Å²) in [6, 6.07) is 11.1. The number of carbonyl (C=O) groups is 3. The Morgan fingerprint density at radius 2 is 1.84 bits per heavy atom. The Labute approximate surface area is 150 Å². The third kappa shape index (κ3) is 5.15. The van der Waals surface area contributed by atoms with Crippen molar-refractivity contribution in [2.75, 3.05) is 5.32 Å². The molecule has 0 spiro atoms. The Bertz CT molecular complexity index is 757. The lowest BCUT2D eigenvalue weighted by atomic mass is 9.98. The maximum atomic E-state index is 12.1. The van der Waals surface area contributed by atoms with Gasteiger partial charge in [0.2, 0.25) is 0 Å². The van der Waals surface area contributed by atoms with Crippen LogP contribution in [0.3, 0.4) is 0 Å². The number of anilines is 1. The van der Waals surface area contributed by atoms with Crippen LogP contribution in [0.5, 0.6) is 0 Å². The molecule has 2 atom stereocenters. The molecule has 2 amide bonds. The second-order valence-electron chi connectivity index (χ2n) is 5.66. The molecule has 0 aliphatic heterocycles. The number of amides is 2. The topological polar surface area (TPSA) is 98.5 Å². The molecule has 6 nitrogen and oxygen atoms in total. The second-order valence-corrected chi connectivity index (χ2v) is 6.58. The van der Waals surface area contributed by atoms with Crippen LogP contribution in [0.15, 0.2) is 41.8 Å². The van der Waals surface area contributed by atoms with Gasteiger partial charge in [-0.15, -0.1) is 11.3 Å². The minimum absolute atomic E-state index is 0.0114. The zero-order chi connectivity index (χ0) is 18.4. The second kappa shape index (κ2) is 8.43. The van der Waals surface area contributed by atoms with Crippen LogP contribution in [0.4, 0.5) is 5.00 Å². The molecule has 0 aliphatic carbocycles. The molecular formula is C18H20N2O4S. The Morgan fingerprint density at radius 1 is 1.16 bits per heavy atom. The van der Waals surface area contributed by atoms with Crippen molar-refractivity contribution in [2.24, 2.45) is 5.73 Å². The molecule has 0 unspecified atom stereocenters. The van der Waals surface area contributed by atoms with Crippen LogP contribution in [-0.2, 0) is 14.3 Å². The lowest BCUT2D eigenvalue weighted by molar-refractivity contribution is -0.153. The van der Waals surface area contributed by atoms with E-state index in [-0.39, 0.29) is 17.9 Å². The highest BCUT2D eigenvalue weighted by molar-refractivity contribution is 7.14. The highest BCUT2D eigenvalue weighted by Gasteiger charge is 2.22. The van der Waals surface area contributed by atoms with Gasteiger partial charge in [0.05, 0.1) is 12.0 Å². The number of thiophene rings is 1. The van der Waals surface area contributed by atoms with Crippen molar-refractivity contribution >= 4 is 34.1 Å². The van der Waals surface area contributed by atoms with Gasteiger partial charge in [0.15, 0.2) is 6.10 Å². The number of hydrogen-bond acceptors (Lipinski definition) is 5. The number of esters is 1. The smallest absolute Gasteiger partial charge is 0.307 e. The zero-order valence-corrected chi connectivity index (χ0v) is 14.8. The number of rotatable bonds is 7. The molecule has 0 bridgehead atoms. The van der Waals surface area contributed by atoms with Gasteiger partial charge in [-0.25, -0.2) is 0 Å². The maximum Gasteiger partial charge on any atom is 0.307 e. The lowest BCUT2D eigenvalue weighted by Gasteiger charge is -2.15. The van der Waals surface area contributed by atoms with Gasteiger partial charge >= 0.3 is 5.97 Å². The van der Waals surface area contributed by atoms with Gasteiger partial charge in [0, 0.05) is 0 Å². The summed E-state index contributed by atoms with van der Waals surface area (Å²) in [6.45, 7) is 3.41. The summed E-state index contributed by atoms with van der Waals surface area (Å²) in [5.74, 6) is -1.61. The number of hydrogen-bond donors (Lipinski definition) is 2. The number of ether oxygens (including phenoxy) is 1. The SMILES string of the molecule is C[C@@H](OC(=O)C[C@H](C)c1ccccc1)C(=O)Nc1sccc1C(N)=O. The van der Waals surface area contributed by atoms with E-state index < -0.39 is 23.9 Å². The van der Waals surface area contributed by atoms with Gasteiger partial charge in [-0.05, 0) is 29.9 Å². The Balaban J connectivity index is 1.89. The van der Waals surface area contributed by atoms with E-state index in [2.05, 4.69) is 5.32 Å². The van der Waals surface area contributed by atoms with Crippen LogP contribution < -0.4 is 11.1 Å². The van der Waals surface area contributed by atoms with Gasteiger partial charge in [0.25, 0.3) is 11.8 Å². The highest BCUT2D eigenvalue weighted by Crippen LogP contribution is 2.23. The van der Waals surface area contributed by atoms with Crippen molar-refractivity contribution in [2.45, 2.75) is 32.3 Å². The Kier molecular flexibility index (Phi) is 6.30. The fourth-order valence-electron chi connectivity index (χ4n) is 2.26. The number of benzene rings is 1. The van der Waals surface area contributed by atoms with Crippen molar-refractivity contribution in [3.63, 3.8) is 0 Å². The van der Waals surface area contributed by atoms with Crippen LogP contribution in [0.1, 0.15) is 42.1 Å². The number of nitrogens with one attached hydrogen (secondary N) is 1. The summed E-state index contributed by atoms with van der Waals surface area (Å²) < 4.78 is 5.19. The Morgan fingerprint density at radius 3 is 2.48 bits per heavy atom. The van der Waals surface area contributed by atoms with Crippen LogP contribution in [-0.4, -0.2) is 23.9 Å². The molecule has 1 heterocycles. The fraction of sp³-hybridized carbons (Fsp3) is 0.278. The van der Waals surface area contributed by atoms with Gasteiger partial charge in [-0.1, -0.05) is 37.3 Å². The van der Waals surface area contributed by atoms with Crippen molar-refractivity contribution in [3.8, 4) is 0 Å². The predicted molar refractivity (Wildman–Crippen MR) is 96.5 cm³/mol. The zero-order valence-electron chi connectivity index (χ0n) is 14.0. The molecule has 0 aliphatic rings. The highest BCUT2D eigenvalue weighted by atomic mass is 32.1. The van der Waals surface area contributed by atoms with Gasteiger partial charge in [-0.2, -0.15) is 0 Å². The number of carbonyl (C=O) groups excluding carboxylic acids is 3. The van der Waals surface area contributed by atoms with E-state index in [0.717, 1.165) is 5.56 Å². The number of primary amides is 1. The van der Waals surface area contributed by atoms with Crippen LogP contribution in [0.2, 0.25) is 0 Å². The molecule has 2 rings (SSSR count). The van der Waals surface area contributed by atoms with E-state index in [4.69, 9.17) is 10.5 Å². The standard InChI is InChI=1S/C18H20N2O4S/c1-11(13-6-4-3-5-7-13)10-15(21)24-12(2)17(23)20-18-14(16(19)22)8-9-25-18/h3-9,11-12H,10H2,1-2H3,(H2,19,22)(H,20,23)/t11-,12+/m0/s1. The predicted octanol–water partition coefficient (Wildman–Crippen LogP) is 2.91. The molecule has 7 heteroatoms. The summed E-state index contributed by atoms with van der Waals surface area (Å²) in [6.07, 6.45) is -0.800. The van der Waals surface area contributed by atoms with Gasteiger partial charge < -0.3 is 15.8 Å². The normalized spacial score (nSPS) is 12.9. The average molecular weight is 360 g/mol. The molecule has 1 aromatic heterocycles. The quantitative estimate of drug-likeness (QED) is 0.742. The molecule has 0 saturated carbocycles. The summed E-state index contributed by atoms with van der Waals surface area (Å²) in [5.41, 5.74) is 6.49. The van der Waals surface area contributed by atoms with Gasteiger partial charge in [0.1, 0.15) is 5.00 Å². The first-order valence-electron chi connectivity index (χ1n) is 7.81. The first-order valence-corrected chi connectivity index (χ1v) is 8.69. The first-order chi connectivity index (χ1) is 11.9. The van der Waals surface area contributed by atoms with Crippen molar-refractivity contribution < 1.29 is 19.1 Å². The number of nitrogens with two attached hydrogens (primary N) is 1. The lowest BCUT2D eigenvalue weighted by Crippen LogP contribution is -2.30. The molecule has 1 aromatic carbocycles. The largest absolute Gasteiger partial charge is 0.453 e. The van der Waals surface area contributed by atoms with Crippen LogP contribution >= 0.6 is 11.3 Å². The van der Waals surface area contributed by atoms with Crippen LogP contribution in [0, 0.1) is 0 Å².